The zero-order valence-corrected chi connectivity index (χ0v) is 15.3. The minimum absolute atomic E-state index is 0.0183. The summed E-state index contributed by atoms with van der Waals surface area (Å²) in [6, 6.07) is 5.24. The van der Waals surface area contributed by atoms with E-state index in [9.17, 15) is 18.0 Å². The van der Waals surface area contributed by atoms with Crippen molar-refractivity contribution in [1.29, 1.82) is 0 Å². The number of hydrogen-bond acceptors (Lipinski definition) is 3. The maximum absolute atomic E-state index is 13.0. The number of aryl methyl sites for hydroxylation is 1. The van der Waals surface area contributed by atoms with Crippen molar-refractivity contribution >= 4 is 11.7 Å². The fourth-order valence-corrected chi connectivity index (χ4v) is 3.62. The number of carbonyl (C=O) groups excluding carboxylic acids is 1. The first-order valence-electron chi connectivity index (χ1n) is 8.86. The maximum Gasteiger partial charge on any atom is 0.416 e. The smallest absolute Gasteiger partial charge is 0.383 e. The Kier molecular flexibility index (Phi) is 5.13. The van der Waals surface area contributed by atoms with Gasteiger partial charge in [0.1, 0.15) is 5.82 Å². The lowest BCUT2D eigenvalue weighted by Gasteiger charge is -2.34. The van der Waals surface area contributed by atoms with Crippen LogP contribution in [0, 0.1) is 13.8 Å². The molecule has 3 rings (SSSR count). The highest BCUT2D eigenvalue weighted by Gasteiger charge is 2.31. The molecule has 1 atom stereocenters. The van der Waals surface area contributed by atoms with Crippen LogP contribution in [0.2, 0.25) is 0 Å². The number of alkyl halides is 3. The van der Waals surface area contributed by atoms with Gasteiger partial charge in [0.05, 0.1) is 11.1 Å². The fraction of sp³-hybridized carbons (Fsp3) is 0.400. The highest BCUT2D eigenvalue weighted by atomic mass is 19.4. The average molecular weight is 377 g/mol. The van der Waals surface area contributed by atoms with E-state index in [1.54, 1.807) is 18.0 Å². The molecule has 1 amide bonds. The van der Waals surface area contributed by atoms with Gasteiger partial charge in [0.25, 0.3) is 5.91 Å². The van der Waals surface area contributed by atoms with Gasteiger partial charge in [-0.2, -0.15) is 13.2 Å². The lowest BCUT2D eigenvalue weighted by molar-refractivity contribution is -0.137. The van der Waals surface area contributed by atoms with Gasteiger partial charge in [-0.15, -0.1) is 0 Å². The SMILES string of the molecule is Cc1cnc(N)c(C)c1C(=O)N1CCCC(c2ccc(C(F)(F)F)cc2)C1. The number of carbonyl (C=O) groups is 1. The van der Waals surface area contributed by atoms with E-state index in [0.29, 0.717) is 30.0 Å². The summed E-state index contributed by atoms with van der Waals surface area (Å²) in [5.74, 6) is 0.251. The van der Waals surface area contributed by atoms with Gasteiger partial charge in [-0.05, 0) is 49.9 Å². The number of piperidine rings is 1. The molecule has 2 aromatic rings. The molecule has 4 nitrogen and oxygen atoms in total. The second-order valence-electron chi connectivity index (χ2n) is 7.04. The molecular weight excluding hydrogens is 355 g/mol. The first-order valence-corrected chi connectivity index (χ1v) is 8.86. The number of rotatable bonds is 2. The second kappa shape index (κ2) is 7.21. The first-order chi connectivity index (χ1) is 12.7. The predicted octanol–water partition coefficient (Wildman–Crippen LogP) is 4.32. The van der Waals surface area contributed by atoms with Crippen LogP contribution in [-0.2, 0) is 6.18 Å². The summed E-state index contributed by atoms with van der Waals surface area (Å²) < 4.78 is 38.3. The molecule has 7 heteroatoms. The van der Waals surface area contributed by atoms with Crippen molar-refractivity contribution in [3.8, 4) is 0 Å². The molecule has 1 aliphatic rings. The van der Waals surface area contributed by atoms with Gasteiger partial charge in [-0.1, -0.05) is 12.1 Å². The van der Waals surface area contributed by atoms with E-state index in [1.165, 1.54) is 12.1 Å². The van der Waals surface area contributed by atoms with E-state index in [-0.39, 0.29) is 11.8 Å². The summed E-state index contributed by atoms with van der Waals surface area (Å²) in [6.07, 6.45) is -1.11. The molecule has 2 heterocycles. The van der Waals surface area contributed by atoms with Crippen molar-refractivity contribution in [2.75, 3.05) is 18.8 Å². The number of likely N-dealkylation sites (tertiary alicyclic amines) is 1. The van der Waals surface area contributed by atoms with Crippen LogP contribution in [0.15, 0.2) is 30.5 Å². The summed E-state index contributed by atoms with van der Waals surface area (Å²) in [4.78, 5) is 18.9. The van der Waals surface area contributed by atoms with Crippen LogP contribution in [0.1, 0.15) is 51.4 Å². The lowest BCUT2D eigenvalue weighted by Crippen LogP contribution is -2.39. The van der Waals surface area contributed by atoms with E-state index in [1.807, 2.05) is 6.92 Å². The minimum atomic E-state index is -4.34. The molecule has 1 aromatic heterocycles. The van der Waals surface area contributed by atoms with Crippen LogP contribution in [0.25, 0.3) is 0 Å². The summed E-state index contributed by atoms with van der Waals surface area (Å²) in [5.41, 5.74) is 8.01. The summed E-state index contributed by atoms with van der Waals surface area (Å²) in [5, 5.41) is 0. The first kappa shape index (κ1) is 19.2. The number of halogens is 3. The monoisotopic (exact) mass is 377 g/mol. The van der Waals surface area contributed by atoms with Gasteiger partial charge in [-0.25, -0.2) is 4.98 Å². The van der Waals surface area contributed by atoms with Gasteiger partial charge in [0.2, 0.25) is 0 Å². The Hall–Kier alpha value is -2.57. The molecule has 0 saturated carbocycles. The number of anilines is 1. The molecule has 1 aromatic carbocycles. The van der Waals surface area contributed by atoms with Crippen molar-refractivity contribution in [2.45, 2.75) is 38.8 Å². The van der Waals surface area contributed by atoms with E-state index < -0.39 is 11.7 Å². The molecular formula is C20H22F3N3O. The third-order valence-corrected chi connectivity index (χ3v) is 5.18. The van der Waals surface area contributed by atoms with Gasteiger partial charge in [0.15, 0.2) is 0 Å². The number of hydrogen-bond donors (Lipinski definition) is 1. The molecule has 0 bridgehead atoms. The molecule has 1 fully saturated rings. The van der Waals surface area contributed by atoms with Crippen molar-refractivity contribution in [1.82, 2.24) is 9.88 Å². The fourth-order valence-electron chi connectivity index (χ4n) is 3.62. The molecule has 1 aliphatic heterocycles. The zero-order valence-electron chi connectivity index (χ0n) is 15.3. The van der Waals surface area contributed by atoms with Gasteiger partial charge in [-0.3, -0.25) is 4.79 Å². The number of nitrogens with two attached hydrogens (primary N) is 1. The highest BCUT2D eigenvalue weighted by Crippen LogP contribution is 2.33. The third-order valence-electron chi connectivity index (χ3n) is 5.18. The number of nitrogen functional groups attached to an aromatic ring is 1. The van der Waals surface area contributed by atoms with Gasteiger partial charge < -0.3 is 10.6 Å². The maximum atomic E-state index is 13.0. The molecule has 0 aliphatic carbocycles. The Morgan fingerprint density at radius 2 is 1.89 bits per heavy atom. The normalized spacial score (nSPS) is 17.8. The van der Waals surface area contributed by atoms with Crippen LogP contribution < -0.4 is 5.73 Å². The van der Waals surface area contributed by atoms with E-state index >= 15 is 0 Å². The molecule has 2 N–H and O–H groups in total. The van der Waals surface area contributed by atoms with Crippen LogP contribution >= 0.6 is 0 Å². The molecule has 0 spiro atoms. The average Bonchev–Trinajstić information content (AvgIpc) is 2.64. The molecule has 1 saturated heterocycles. The Balaban J connectivity index is 1.80. The van der Waals surface area contributed by atoms with Crippen LogP contribution in [0.3, 0.4) is 0 Å². The largest absolute Gasteiger partial charge is 0.416 e. The summed E-state index contributed by atoms with van der Waals surface area (Å²) >= 11 is 0. The van der Waals surface area contributed by atoms with Gasteiger partial charge in [0, 0.05) is 30.8 Å². The number of amides is 1. The topological polar surface area (TPSA) is 59.2 Å². The molecule has 1 unspecified atom stereocenters. The quantitative estimate of drug-likeness (QED) is 0.848. The Morgan fingerprint density at radius 1 is 1.22 bits per heavy atom. The zero-order chi connectivity index (χ0) is 19.8. The Labute approximate surface area is 156 Å². The second-order valence-corrected chi connectivity index (χ2v) is 7.04. The molecule has 27 heavy (non-hydrogen) atoms. The van der Waals surface area contributed by atoms with Crippen molar-refractivity contribution < 1.29 is 18.0 Å². The predicted molar refractivity (Wildman–Crippen MR) is 97.4 cm³/mol. The van der Waals surface area contributed by atoms with Gasteiger partial charge >= 0.3 is 6.18 Å². The van der Waals surface area contributed by atoms with Crippen LogP contribution in [0.5, 0.6) is 0 Å². The van der Waals surface area contributed by atoms with Crippen molar-refractivity contribution in [3.63, 3.8) is 0 Å². The Bertz CT molecular complexity index is 847. The summed E-state index contributed by atoms with van der Waals surface area (Å²) in [7, 11) is 0. The highest BCUT2D eigenvalue weighted by molar-refractivity contribution is 5.98. The van der Waals surface area contributed by atoms with Crippen LogP contribution in [0.4, 0.5) is 19.0 Å². The Morgan fingerprint density at radius 3 is 2.52 bits per heavy atom. The number of aromatic nitrogens is 1. The third kappa shape index (κ3) is 3.91. The molecule has 144 valence electrons. The van der Waals surface area contributed by atoms with Crippen molar-refractivity contribution in [2.24, 2.45) is 0 Å². The lowest BCUT2D eigenvalue weighted by atomic mass is 9.89. The van der Waals surface area contributed by atoms with E-state index in [2.05, 4.69) is 4.98 Å². The number of pyridine rings is 1. The number of nitrogens with zero attached hydrogens (tertiary/aromatic N) is 2. The minimum Gasteiger partial charge on any atom is -0.383 e. The van der Waals surface area contributed by atoms with E-state index in [0.717, 1.165) is 36.1 Å². The number of benzene rings is 1. The standard InChI is InChI=1S/C20H22F3N3O/c1-12-10-25-18(24)13(2)17(12)19(27)26-9-3-4-15(11-26)14-5-7-16(8-6-14)20(21,22)23/h5-8,10,15H,3-4,9,11H2,1-2H3,(H2,24,25). The van der Waals surface area contributed by atoms with Crippen molar-refractivity contribution in [3.05, 3.63) is 58.3 Å². The summed E-state index contributed by atoms with van der Waals surface area (Å²) in [6.45, 7) is 4.70. The van der Waals surface area contributed by atoms with E-state index in [4.69, 9.17) is 5.73 Å². The van der Waals surface area contributed by atoms with Crippen LogP contribution in [-0.4, -0.2) is 28.9 Å². The molecule has 0 radical (unpaired) electrons.